The average Bonchev–Trinajstić information content (AvgIpc) is 3.05. The van der Waals surface area contributed by atoms with Crippen molar-refractivity contribution in [2.45, 2.75) is 32.7 Å². The van der Waals surface area contributed by atoms with Crippen molar-refractivity contribution in [3.8, 4) is 0 Å². The summed E-state index contributed by atoms with van der Waals surface area (Å²) in [6.07, 6.45) is 0.346. The zero-order valence-corrected chi connectivity index (χ0v) is 15.2. The summed E-state index contributed by atoms with van der Waals surface area (Å²) < 4.78 is 14.5. The van der Waals surface area contributed by atoms with Crippen molar-refractivity contribution in [2.24, 2.45) is 11.0 Å². The van der Waals surface area contributed by atoms with Gasteiger partial charge in [-0.05, 0) is 24.6 Å². The lowest BCUT2D eigenvalue weighted by Crippen LogP contribution is -2.48. The minimum atomic E-state index is -0.840. The van der Waals surface area contributed by atoms with Crippen LogP contribution < -0.4 is 0 Å². The van der Waals surface area contributed by atoms with E-state index < -0.39 is 5.54 Å². The number of carbonyl (C=O) groups excluding carboxylic acids is 1. The Morgan fingerprint density at radius 2 is 2.00 bits per heavy atom. The molecule has 1 unspecified atom stereocenters. The van der Waals surface area contributed by atoms with Gasteiger partial charge in [0.2, 0.25) is 5.91 Å². The number of hydrogen-bond acceptors (Lipinski definition) is 3. The standard InChI is InChI=1S/C21H23FN2O2/c1-14-9-10-19(22)18(11-14)20-12-21(15(2)13-25,24(23-20)16(3)26)17-7-5-4-6-8-17/h4-11,15,25H,12-13H2,1-3H3/t15?,21-/m1/s1. The second kappa shape index (κ2) is 7.00. The molecule has 0 aliphatic carbocycles. The first kappa shape index (κ1) is 18.3. The predicted octanol–water partition coefficient (Wildman–Crippen LogP) is 3.61. The second-order valence-electron chi connectivity index (χ2n) is 6.91. The lowest BCUT2D eigenvalue weighted by molar-refractivity contribution is -0.137. The molecule has 0 fully saturated rings. The highest BCUT2D eigenvalue weighted by Gasteiger charge is 2.50. The molecule has 136 valence electrons. The van der Waals surface area contributed by atoms with Gasteiger partial charge in [-0.25, -0.2) is 9.40 Å². The Balaban J connectivity index is 2.17. The summed E-state index contributed by atoms with van der Waals surface area (Å²) >= 11 is 0. The van der Waals surface area contributed by atoms with Gasteiger partial charge in [-0.2, -0.15) is 5.10 Å². The van der Waals surface area contributed by atoms with Crippen LogP contribution in [0, 0.1) is 18.7 Å². The van der Waals surface area contributed by atoms with Gasteiger partial charge in [0, 0.05) is 31.4 Å². The van der Waals surface area contributed by atoms with Crippen LogP contribution in [-0.2, 0) is 10.3 Å². The van der Waals surface area contributed by atoms with Crippen molar-refractivity contribution in [2.75, 3.05) is 6.61 Å². The summed E-state index contributed by atoms with van der Waals surface area (Å²) in [6.45, 7) is 5.11. The van der Waals surface area contributed by atoms with Crippen LogP contribution >= 0.6 is 0 Å². The highest BCUT2D eigenvalue weighted by atomic mass is 19.1. The van der Waals surface area contributed by atoms with Gasteiger partial charge in [0.05, 0.1) is 5.71 Å². The summed E-state index contributed by atoms with van der Waals surface area (Å²) in [5.74, 6) is -0.876. The van der Waals surface area contributed by atoms with Gasteiger partial charge in [0.15, 0.2) is 0 Å². The van der Waals surface area contributed by atoms with E-state index in [-0.39, 0.29) is 24.2 Å². The van der Waals surface area contributed by atoms with Gasteiger partial charge in [0.1, 0.15) is 11.4 Å². The molecule has 5 heteroatoms. The topological polar surface area (TPSA) is 52.9 Å². The van der Waals surface area contributed by atoms with E-state index in [0.717, 1.165) is 11.1 Å². The van der Waals surface area contributed by atoms with Crippen molar-refractivity contribution in [1.82, 2.24) is 5.01 Å². The molecule has 1 aliphatic heterocycles. The first-order chi connectivity index (χ1) is 12.4. The molecule has 0 bridgehead atoms. The van der Waals surface area contributed by atoms with Crippen LogP contribution in [0.1, 0.15) is 37.0 Å². The maximum absolute atomic E-state index is 14.5. The number of aliphatic hydroxyl groups excluding tert-OH is 1. The van der Waals surface area contributed by atoms with Crippen LogP contribution in [0.4, 0.5) is 4.39 Å². The molecule has 0 saturated carbocycles. The Morgan fingerprint density at radius 1 is 1.31 bits per heavy atom. The number of aliphatic hydroxyl groups is 1. The largest absolute Gasteiger partial charge is 0.396 e. The summed E-state index contributed by atoms with van der Waals surface area (Å²) in [5, 5.41) is 15.8. The van der Waals surface area contributed by atoms with Crippen molar-refractivity contribution in [3.05, 3.63) is 71.0 Å². The fourth-order valence-electron chi connectivity index (χ4n) is 3.71. The van der Waals surface area contributed by atoms with E-state index in [1.807, 2.05) is 44.2 Å². The Kier molecular flexibility index (Phi) is 4.92. The molecule has 1 N–H and O–H groups in total. The van der Waals surface area contributed by atoms with Gasteiger partial charge < -0.3 is 5.11 Å². The molecule has 1 amide bonds. The van der Waals surface area contributed by atoms with Crippen molar-refractivity contribution in [1.29, 1.82) is 0 Å². The third-order valence-electron chi connectivity index (χ3n) is 5.13. The molecular formula is C21H23FN2O2. The summed E-state index contributed by atoms with van der Waals surface area (Å²) in [6, 6.07) is 14.4. The number of nitrogens with zero attached hydrogens (tertiary/aromatic N) is 2. The number of benzene rings is 2. The summed E-state index contributed by atoms with van der Waals surface area (Å²) in [4.78, 5) is 12.4. The Labute approximate surface area is 153 Å². The van der Waals surface area contributed by atoms with Gasteiger partial charge in [-0.15, -0.1) is 0 Å². The first-order valence-corrected chi connectivity index (χ1v) is 8.71. The Bertz CT molecular complexity index is 850. The minimum absolute atomic E-state index is 0.113. The van der Waals surface area contributed by atoms with E-state index in [1.54, 1.807) is 12.1 Å². The molecule has 1 heterocycles. The predicted molar refractivity (Wildman–Crippen MR) is 99.2 cm³/mol. The Morgan fingerprint density at radius 3 is 2.62 bits per heavy atom. The molecule has 2 aromatic rings. The first-order valence-electron chi connectivity index (χ1n) is 8.71. The minimum Gasteiger partial charge on any atom is -0.396 e. The van der Waals surface area contributed by atoms with Crippen LogP contribution in [0.3, 0.4) is 0 Å². The number of carbonyl (C=O) groups is 1. The SMILES string of the molecule is CC(=O)N1N=C(c2cc(C)ccc2F)C[C@]1(c1ccccc1)C(C)CO. The average molecular weight is 354 g/mol. The molecular weight excluding hydrogens is 331 g/mol. The lowest BCUT2D eigenvalue weighted by atomic mass is 9.75. The van der Waals surface area contributed by atoms with E-state index >= 15 is 0 Å². The fourth-order valence-corrected chi connectivity index (χ4v) is 3.71. The highest BCUT2D eigenvalue weighted by molar-refractivity contribution is 6.04. The molecule has 3 rings (SSSR count). The van der Waals surface area contributed by atoms with Gasteiger partial charge in [0.25, 0.3) is 0 Å². The van der Waals surface area contributed by atoms with Gasteiger partial charge in [-0.1, -0.05) is 48.9 Å². The van der Waals surface area contributed by atoms with E-state index in [1.165, 1.54) is 18.0 Å². The fraction of sp³-hybridized carbons (Fsp3) is 0.333. The van der Waals surface area contributed by atoms with Crippen molar-refractivity contribution >= 4 is 11.6 Å². The quantitative estimate of drug-likeness (QED) is 0.912. The summed E-state index contributed by atoms with van der Waals surface area (Å²) in [5.41, 5.74) is 1.88. The number of hydrazone groups is 1. The van der Waals surface area contributed by atoms with E-state index in [4.69, 9.17) is 0 Å². The van der Waals surface area contributed by atoms with Crippen molar-refractivity contribution in [3.63, 3.8) is 0 Å². The Hall–Kier alpha value is -2.53. The molecule has 2 aromatic carbocycles. The number of rotatable bonds is 4. The lowest BCUT2D eigenvalue weighted by Gasteiger charge is -2.40. The normalized spacial score (nSPS) is 20.8. The van der Waals surface area contributed by atoms with Crippen LogP contribution in [-0.4, -0.2) is 28.3 Å². The third kappa shape index (κ3) is 2.92. The molecule has 0 saturated heterocycles. The van der Waals surface area contributed by atoms with Crippen LogP contribution in [0.15, 0.2) is 53.6 Å². The maximum atomic E-state index is 14.5. The number of hydrogen-bond donors (Lipinski definition) is 1. The molecule has 0 spiro atoms. The molecule has 26 heavy (non-hydrogen) atoms. The van der Waals surface area contributed by atoms with E-state index in [0.29, 0.717) is 17.7 Å². The zero-order chi connectivity index (χ0) is 18.9. The highest BCUT2D eigenvalue weighted by Crippen LogP contribution is 2.45. The van der Waals surface area contributed by atoms with Crippen LogP contribution in [0.2, 0.25) is 0 Å². The molecule has 0 radical (unpaired) electrons. The van der Waals surface area contributed by atoms with E-state index in [2.05, 4.69) is 5.10 Å². The molecule has 1 aliphatic rings. The summed E-state index contributed by atoms with van der Waals surface area (Å²) in [7, 11) is 0. The molecule has 4 nitrogen and oxygen atoms in total. The van der Waals surface area contributed by atoms with Crippen LogP contribution in [0.5, 0.6) is 0 Å². The van der Waals surface area contributed by atoms with Gasteiger partial charge in [-0.3, -0.25) is 4.79 Å². The number of amides is 1. The number of aryl methyl sites for hydroxylation is 1. The molecule has 0 aromatic heterocycles. The molecule has 2 atom stereocenters. The number of halogens is 1. The van der Waals surface area contributed by atoms with Gasteiger partial charge >= 0.3 is 0 Å². The monoisotopic (exact) mass is 354 g/mol. The second-order valence-corrected chi connectivity index (χ2v) is 6.91. The van der Waals surface area contributed by atoms with Crippen molar-refractivity contribution < 1.29 is 14.3 Å². The van der Waals surface area contributed by atoms with Crippen LogP contribution in [0.25, 0.3) is 0 Å². The zero-order valence-electron chi connectivity index (χ0n) is 15.2. The smallest absolute Gasteiger partial charge is 0.240 e. The maximum Gasteiger partial charge on any atom is 0.240 e. The van der Waals surface area contributed by atoms with E-state index in [9.17, 15) is 14.3 Å². The third-order valence-corrected chi connectivity index (χ3v) is 5.13.